The third kappa shape index (κ3) is 4.14. The van der Waals surface area contributed by atoms with Crippen molar-refractivity contribution in [1.82, 2.24) is 10.3 Å². The number of hydrogen-bond acceptors (Lipinski definition) is 7. The zero-order valence-electron chi connectivity index (χ0n) is 12.3. The summed E-state index contributed by atoms with van der Waals surface area (Å²) in [6.07, 6.45) is 2.82. The molecule has 0 saturated carbocycles. The van der Waals surface area contributed by atoms with Gasteiger partial charge in [0.05, 0.1) is 12.5 Å². The van der Waals surface area contributed by atoms with E-state index >= 15 is 0 Å². The Morgan fingerprint density at radius 2 is 2.27 bits per heavy atom. The second-order valence-corrected chi connectivity index (χ2v) is 6.86. The molecular formula is C15H18N4OS2. The summed E-state index contributed by atoms with van der Waals surface area (Å²) in [7, 11) is 1.69. The molecule has 1 aromatic heterocycles. The highest BCUT2D eigenvalue weighted by molar-refractivity contribution is 7.99. The Labute approximate surface area is 138 Å². The molecule has 2 N–H and O–H groups in total. The molecule has 3 rings (SSSR count). The first-order valence-corrected chi connectivity index (χ1v) is 8.98. The van der Waals surface area contributed by atoms with Crippen molar-refractivity contribution >= 4 is 34.2 Å². The Bertz CT molecular complexity index is 613. The van der Waals surface area contributed by atoms with Crippen LogP contribution in [0.2, 0.25) is 0 Å². The van der Waals surface area contributed by atoms with Crippen LogP contribution in [0, 0.1) is 0 Å². The molecule has 0 aliphatic carbocycles. The summed E-state index contributed by atoms with van der Waals surface area (Å²) < 4.78 is 5.18. The molecule has 5 nitrogen and oxygen atoms in total. The van der Waals surface area contributed by atoms with Crippen LogP contribution in [0.25, 0.3) is 0 Å². The molecule has 2 aromatic rings. The van der Waals surface area contributed by atoms with Crippen molar-refractivity contribution in [3.63, 3.8) is 0 Å². The Balaban J connectivity index is 1.49. The average molecular weight is 334 g/mol. The number of nitrogens with zero attached hydrogens (tertiary/aromatic N) is 2. The molecule has 0 bridgehead atoms. The van der Waals surface area contributed by atoms with Crippen molar-refractivity contribution in [2.24, 2.45) is 4.99 Å². The van der Waals surface area contributed by atoms with E-state index in [0.29, 0.717) is 5.37 Å². The van der Waals surface area contributed by atoms with Crippen LogP contribution in [-0.2, 0) is 5.75 Å². The minimum atomic E-state index is 0.363. The summed E-state index contributed by atoms with van der Waals surface area (Å²) in [5, 5.41) is 9.83. The van der Waals surface area contributed by atoms with E-state index in [1.807, 2.05) is 29.3 Å². The van der Waals surface area contributed by atoms with E-state index in [-0.39, 0.29) is 0 Å². The second-order valence-electron chi connectivity index (χ2n) is 4.77. The summed E-state index contributed by atoms with van der Waals surface area (Å²) in [5.41, 5.74) is 1.30. The van der Waals surface area contributed by atoms with Gasteiger partial charge in [0.2, 0.25) is 0 Å². The lowest BCUT2D eigenvalue weighted by Crippen LogP contribution is -2.41. The third-order valence-electron chi connectivity index (χ3n) is 3.23. The van der Waals surface area contributed by atoms with Crippen LogP contribution in [0.1, 0.15) is 12.0 Å². The lowest BCUT2D eigenvalue weighted by molar-refractivity contribution is 0.414. The largest absolute Gasteiger partial charge is 0.497 e. The minimum Gasteiger partial charge on any atom is -0.497 e. The molecule has 2 heterocycles. The predicted octanol–water partition coefficient (Wildman–Crippen LogP) is 3.17. The zero-order chi connectivity index (χ0) is 15.2. The van der Waals surface area contributed by atoms with E-state index in [2.05, 4.69) is 32.7 Å². The van der Waals surface area contributed by atoms with Crippen molar-refractivity contribution in [2.45, 2.75) is 17.5 Å². The molecule has 22 heavy (non-hydrogen) atoms. The molecular weight excluding hydrogens is 316 g/mol. The van der Waals surface area contributed by atoms with Crippen LogP contribution in [0.3, 0.4) is 0 Å². The highest BCUT2D eigenvalue weighted by Gasteiger charge is 2.16. The fourth-order valence-corrected chi connectivity index (χ4v) is 3.65. The predicted molar refractivity (Wildman–Crippen MR) is 93.9 cm³/mol. The summed E-state index contributed by atoms with van der Waals surface area (Å²) in [4.78, 5) is 8.68. The van der Waals surface area contributed by atoms with Gasteiger partial charge in [-0.15, -0.1) is 23.1 Å². The maximum atomic E-state index is 5.18. The molecule has 0 spiro atoms. The van der Waals surface area contributed by atoms with Gasteiger partial charge in [-0.2, -0.15) is 0 Å². The van der Waals surface area contributed by atoms with Crippen LogP contribution < -0.4 is 15.4 Å². The first kappa shape index (κ1) is 15.2. The Morgan fingerprint density at radius 1 is 1.41 bits per heavy atom. The quantitative estimate of drug-likeness (QED) is 0.879. The smallest absolute Gasteiger partial charge is 0.198 e. The van der Waals surface area contributed by atoms with Gasteiger partial charge in [-0.3, -0.25) is 4.99 Å². The molecule has 1 unspecified atom stereocenters. The topological polar surface area (TPSA) is 58.5 Å². The molecule has 1 aliphatic rings. The lowest BCUT2D eigenvalue weighted by atomic mass is 10.2. The Kier molecular flexibility index (Phi) is 5.18. The first-order valence-electron chi connectivity index (χ1n) is 7.05. The van der Waals surface area contributed by atoms with Crippen molar-refractivity contribution in [1.29, 1.82) is 0 Å². The fraction of sp³-hybridized carbons (Fsp3) is 0.333. The molecule has 116 valence electrons. The van der Waals surface area contributed by atoms with Gasteiger partial charge in [-0.25, -0.2) is 4.98 Å². The number of nitrogens with one attached hydrogen (secondary N) is 2. The number of aliphatic imine (C=N–C) groups is 1. The average Bonchev–Trinajstić information content (AvgIpc) is 3.07. The number of aromatic nitrogens is 1. The van der Waals surface area contributed by atoms with Crippen molar-refractivity contribution in [2.75, 3.05) is 19.0 Å². The maximum absolute atomic E-state index is 5.18. The number of thioether (sulfide) groups is 1. The van der Waals surface area contributed by atoms with Gasteiger partial charge < -0.3 is 15.4 Å². The second kappa shape index (κ2) is 7.51. The number of guanidine groups is 1. The molecule has 0 amide bonds. The standard InChI is InChI=1S/C15H18N4OS2/c1-20-12-4-2-11(3-5-12)10-22-13-6-7-16-14(18-13)19-15-17-8-9-21-15/h2-5,8-9,13H,6-7,10H2,1H3,(H2,16,17,18,19). The van der Waals surface area contributed by atoms with Crippen molar-refractivity contribution in [3.05, 3.63) is 41.4 Å². The molecule has 1 atom stereocenters. The lowest BCUT2D eigenvalue weighted by Gasteiger charge is -2.24. The van der Waals surface area contributed by atoms with E-state index in [4.69, 9.17) is 4.74 Å². The van der Waals surface area contributed by atoms with Crippen LogP contribution in [0.15, 0.2) is 40.8 Å². The number of methoxy groups -OCH3 is 1. The van der Waals surface area contributed by atoms with Crippen LogP contribution in [0.4, 0.5) is 5.13 Å². The monoisotopic (exact) mass is 334 g/mol. The number of anilines is 1. The van der Waals surface area contributed by atoms with Gasteiger partial charge in [-0.1, -0.05) is 12.1 Å². The Morgan fingerprint density at radius 3 is 3.00 bits per heavy atom. The Hall–Kier alpha value is -1.73. The third-order valence-corrected chi connectivity index (χ3v) is 5.17. The summed E-state index contributed by atoms with van der Waals surface area (Å²) in [5.74, 6) is 2.67. The highest BCUT2D eigenvalue weighted by atomic mass is 32.2. The number of ether oxygens (including phenoxy) is 1. The number of benzene rings is 1. The zero-order valence-corrected chi connectivity index (χ0v) is 13.9. The van der Waals surface area contributed by atoms with Crippen molar-refractivity contribution < 1.29 is 4.74 Å². The van der Waals surface area contributed by atoms with E-state index in [1.54, 1.807) is 24.6 Å². The van der Waals surface area contributed by atoms with Gasteiger partial charge in [0.15, 0.2) is 11.1 Å². The van der Waals surface area contributed by atoms with E-state index in [0.717, 1.165) is 35.6 Å². The number of hydrogen-bond donors (Lipinski definition) is 2. The van der Waals surface area contributed by atoms with Crippen LogP contribution in [0.5, 0.6) is 5.75 Å². The molecule has 0 saturated heterocycles. The van der Waals surface area contributed by atoms with Gasteiger partial charge in [0.1, 0.15) is 5.75 Å². The van der Waals surface area contributed by atoms with Crippen LogP contribution >= 0.6 is 23.1 Å². The van der Waals surface area contributed by atoms with E-state index in [1.165, 1.54) is 5.56 Å². The number of rotatable bonds is 5. The van der Waals surface area contributed by atoms with Gasteiger partial charge >= 0.3 is 0 Å². The van der Waals surface area contributed by atoms with E-state index < -0.39 is 0 Å². The molecule has 0 radical (unpaired) electrons. The molecule has 0 fully saturated rings. The molecule has 1 aromatic carbocycles. The van der Waals surface area contributed by atoms with Gasteiger partial charge in [0, 0.05) is 23.9 Å². The highest BCUT2D eigenvalue weighted by Crippen LogP contribution is 2.22. The summed E-state index contributed by atoms with van der Waals surface area (Å²) in [6, 6.07) is 8.22. The fourth-order valence-electron chi connectivity index (χ4n) is 2.07. The normalized spacial score (nSPS) is 17.5. The van der Waals surface area contributed by atoms with Gasteiger partial charge in [-0.05, 0) is 24.1 Å². The maximum Gasteiger partial charge on any atom is 0.198 e. The molecule has 1 aliphatic heterocycles. The number of thiazole rings is 1. The van der Waals surface area contributed by atoms with E-state index in [9.17, 15) is 0 Å². The minimum absolute atomic E-state index is 0.363. The van der Waals surface area contributed by atoms with Crippen LogP contribution in [-0.4, -0.2) is 30.0 Å². The SMILES string of the molecule is COc1ccc(CSC2CCN=C(Nc3nccs3)N2)cc1. The van der Waals surface area contributed by atoms with Gasteiger partial charge in [0.25, 0.3) is 0 Å². The van der Waals surface area contributed by atoms with Crippen molar-refractivity contribution in [3.8, 4) is 5.75 Å². The molecule has 7 heteroatoms. The first-order chi connectivity index (χ1) is 10.8. The summed E-state index contributed by atoms with van der Waals surface area (Å²) in [6.45, 7) is 0.834. The summed E-state index contributed by atoms with van der Waals surface area (Å²) >= 11 is 3.46.